The number of rotatable bonds is 10. The quantitative estimate of drug-likeness (QED) is 0.193. The van der Waals surface area contributed by atoms with E-state index in [-0.39, 0.29) is 29.5 Å². The first-order valence-electron chi connectivity index (χ1n) is 15.0. The zero-order valence-electron chi connectivity index (χ0n) is 25.8. The number of hydrogen-bond donors (Lipinski definition) is 1. The fourth-order valence-corrected chi connectivity index (χ4v) is 6.27. The van der Waals surface area contributed by atoms with Crippen LogP contribution in [0.4, 0.5) is 5.69 Å². The highest BCUT2D eigenvalue weighted by atomic mass is 16.6. The monoisotopic (exact) mass is 610 g/mol. The number of nitro benzene ring substituents is 1. The highest BCUT2D eigenvalue weighted by Gasteiger charge is 2.38. The van der Waals surface area contributed by atoms with E-state index >= 15 is 0 Å². The van der Waals surface area contributed by atoms with Crippen molar-refractivity contribution in [3.05, 3.63) is 134 Å². The molecule has 0 unspecified atom stereocenters. The summed E-state index contributed by atoms with van der Waals surface area (Å²) in [5, 5.41) is 14.6. The maximum absolute atomic E-state index is 13.6. The summed E-state index contributed by atoms with van der Waals surface area (Å²) in [4.78, 5) is 42.3. The second-order valence-corrected chi connectivity index (χ2v) is 11.2. The molecule has 3 aromatic rings. The van der Waals surface area contributed by atoms with Crippen LogP contribution in [0.15, 0.2) is 107 Å². The van der Waals surface area contributed by atoms with E-state index in [1.54, 1.807) is 19.9 Å². The Bertz CT molecular complexity index is 1560. The van der Waals surface area contributed by atoms with Crippen molar-refractivity contribution in [2.75, 3.05) is 46.4 Å². The molecule has 1 saturated heterocycles. The van der Waals surface area contributed by atoms with E-state index in [9.17, 15) is 19.7 Å². The Kier molecular flexibility index (Phi) is 10.1. The van der Waals surface area contributed by atoms with Gasteiger partial charge < -0.3 is 14.8 Å². The van der Waals surface area contributed by atoms with Crippen LogP contribution in [0.1, 0.15) is 42.5 Å². The Hall–Kier alpha value is -4.80. The number of piperazine rings is 1. The number of esters is 2. The van der Waals surface area contributed by atoms with Gasteiger partial charge in [0.05, 0.1) is 35.1 Å². The van der Waals surface area contributed by atoms with Crippen molar-refractivity contribution in [2.45, 2.75) is 25.8 Å². The molecule has 0 aliphatic carbocycles. The lowest BCUT2D eigenvalue weighted by atomic mass is 9.80. The zero-order chi connectivity index (χ0) is 31.9. The lowest BCUT2D eigenvalue weighted by Gasteiger charge is -2.39. The van der Waals surface area contributed by atoms with Crippen LogP contribution in [0.2, 0.25) is 0 Å². The number of benzene rings is 3. The topological polar surface area (TPSA) is 114 Å². The van der Waals surface area contributed by atoms with Crippen LogP contribution in [0.25, 0.3) is 0 Å². The number of non-ortho nitro benzene ring substituents is 1. The molecule has 1 N–H and O–H groups in total. The summed E-state index contributed by atoms with van der Waals surface area (Å²) in [7, 11) is 1.26. The summed E-state index contributed by atoms with van der Waals surface area (Å²) in [5.41, 5.74) is 4.25. The Labute approximate surface area is 263 Å². The van der Waals surface area contributed by atoms with Crippen molar-refractivity contribution in [1.82, 2.24) is 15.1 Å². The van der Waals surface area contributed by atoms with Crippen molar-refractivity contribution >= 4 is 17.6 Å². The first kappa shape index (κ1) is 31.6. The normalized spacial score (nSPS) is 17.6. The molecule has 2 heterocycles. The number of hydrogen-bond acceptors (Lipinski definition) is 9. The molecule has 0 aromatic heterocycles. The van der Waals surface area contributed by atoms with Crippen LogP contribution in [-0.2, 0) is 19.1 Å². The minimum atomic E-state index is -0.887. The summed E-state index contributed by atoms with van der Waals surface area (Å²) >= 11 is 0. The van der Waals surface area contributed by atoms with Gasteiger partial charge in [0.15, 0.2) is 0 Å². The van der Waals surface area contributed by atoms with E-state index < -0.39 is 22.8 Å². The van der Waals surface area contributed by atoms with Crippen LogP contribution < -0.4 is 5.32 Å². The highest BCUT2D eigenvalue weighted by Crippen LogP contribution is 2.40. The molecule has 0 saturated carbocycles. The molecule has 0 spiro atoms. The maximum atomic E-state index is 13.6. The molecule has 5 rings (SSSR count). The van der Waals surface area contributed by atoms with E-state index in [4.69, 9.17) is 9.47 Å². The van der Waals surface area contributed by atoms with Gasteiger partial charge in [-0.25, -0.2) is 9.59 Å². The van der Waals surface area contributed by atoms with E-state index in [0.717, 1.165) is 26.2 Å². The van der Waals surface area contributed by atoms with Crippen molar-refractivity contribution in [2.24, 2.45) is 0 Å². The lowest BCUT2D eigenvalue weighted by molar-refractivity contribution is -0.384. The molecule has 0 amide bonds. The van der Waals surface area contributed by atoms with Crippen LogP contribution in [0.3, 0.4) is 0 Å². The van der Waals surface area contributed by atoms with E-state index in [1.807, 2.05) is 12.1 Å². The molecule has 0 bridgehead atoms. The average molecular weight is 611 g/mol. The second kappa shape index (κ2) is 14.3. The minimum Gasteiger partial charge on any atom is -0.466 e. The first-order chi connectivity index (χ1) is 21.8. The second-order valence-electron chi connectivity index (χ2n) is 11.2. The molecular weight excluding hydrogens is 572 g/mol. The Balaban J connectivity index is 1.26. The fourth-order valence-electron chi connectivity index (χ4n) is 6.27. The largest absolute Gasteiger partial charge is 0.466 e. The summed E-state index contributed by atoms with van der Waals surface area (Å²) in [6.07, 6.45) is 0. The number of carbonyl (C=O) groups is 2. The predicted octanol–water partition coefficient (Wildman–Crippen LogP) is 4.95. The molecular formula is C35H38N4O6. The summed E-state index contributed by atoms with van der Waals surface area (Å²) < 4.78 is 10.8. The number of dihydropyridines is 1. The molecule has 234 valence electrons. The molecule has 10 nitrogen and oxygen atoms in total. The van der Waals surface area contributed by atoms with Crippen LogP contribution in [0.5, 0.6) is 0 Å². The average Bonchev–Trinajstić information content (AvgIpc) is 3.06. The van der Waals surface area contributed by atoms with Gasteiger partial charge in [-0.1, -0.05) is 72.8 Å². The van der Waals surface area contributed by atoms with Crippen molar-refractivity contribution in [1.29, 1.82) is 0 Å². The van der Waals surface area contributed by atoms with Gasteiger partial charge in [0, 0.05) is 56.3 Å². The Morgan fingerprint density at radius 1 is 0.867 bits per heavy atom. The summed E-state index contributed by atoms with van der Waals surface area (Å²) in [6.45, 7) is 7.52. The third kappa shape index (κ3) is 7.13. The SMILES string of the molecule is COC(=O)C1=C(C)NC(C)=C(C(=O)OCCN2CCN(C(c3ccccc3)c3ccccc3)CC2)[C@H]1c1cccc([N+](=O)[O-])c1. The van der Waals surface area contributed by atoms with Gasteiger partial charge in [0.1, 0.15) is 6.61 Å². The number of carbonyl (C=O) groups excluding carboxylic acids is 2. The molecule has 1 fully saturated rings. The van der Waals surface area contributed by atoms with Gasteiger partial charge >= 0.3 is 11.9 Å². The molecule has 45 heavy (non-hydrogen) atoms. The molecule has 0 radical (unpaired) electrons. The third-order valence-corrected chi connectivity index (χ3v) is 8.44. The van der Waals surface area contributed by atoms with Crippen LogP contribution in [0, 0.1) is 10.1 Å². The van der Waals surface area contributed by atoms with E-state index in [2.05, 4.69) is 63.6 Å². The number of allylic oxidation sites excluding steroid dienone is 2. The van der Waals surface area contributed by atoms with E-state index in [0.29, 0.717) is 23.5 Å². The smallest absolute Gasteiger partial charge is 0.336 e. The van der Waals surface area contributed by atoms with Gasteiger partial charge in [0.2, 0.25) is 0 Å². The van der Waals surface area contributed by atoms with Gasteiger partial charge in [-0.2, -0.15) is 0 Å². The highest BCUT2D eigenvalue weighted by molar-refractivity contribution is 5.99. The summed E-state index contributed by atoms with van der Waals surface area (Å²) in [5.74, 6) is -2.10. The Morgan fingerprint density at radius 3 is 2.00 bits per heavy atom. The number of nitro groups is 1. The van der Waals surface area contributed by atoms with Crippen LogP contribution in [-0.4, -0.2) is 73.1 Å². The van der Waals surface area contributed by atoms with Crippen molar-refractivity contribution < 1.29 is 24.0 Å². The zero-order valence-corrected chi connectivity index (χ0v) is 25.8. The molecule has 1 atom stereocenters. The molecule has 3 aromatic carbocycles. The fraction of sp³-hybridized carbons (Fsp3) is 0.314. The Morgan fingerprint density at radius 2 is 1.44 bits per heavy atom. The molecule has 2 aliphatic rings. The van der Waals surface area contributed by atoms with E-state index in [1.165, 1.54) is 36.4 Å². The predicted molar refractivity (Wildman–Crippen MR) is 170 cm³/mol. The lowest BCUT2D eigenvalue weighted by Crippen LogP contribution is -2.48. The van der Waals surface area contributed by atoms with Gasteiger partial charge in [0.25, 0.3) is 5.69 Å². The third-order valence-electron chi connectivity index (χ3n) is 8.44. The molecule has 10 heteroatoms. The van der Waals surface area contributed by atoms with Crippen molar-refractivity contribution in [3.8, 4) is 0 Å². The number of nitrogens with zero attached hydrogens (tertiary/aromatic N) is 3. The van der Waals surface area contributed by atoms with Gasteiger partial charge in [-0.05, 0) is 30.5 Å². The summed E-state index contributed by atoms with van der Waals surface area (Å²) in [6, 6.07) is 27.2. The number of ether oxygens (including phenoxy) is 2. The first-order valence-corrected chi connectivity index (χ1v) is 15.0. The molecule has 2 aliphatic heterocycles. The maximum Gasteiger partial charge on any atom is 0.336 e. The minimum absolute atomic E-state index is 0.140. The van der Waals surface area contributed by atoms with Gasteiger partial charge in [-0.15, -0.1) is 0 Å². The van der Waals surface area contributed by atoms with Crippen LogP contribution >= 0.6 is 0 Å². The standard InChI is InChI=1S/C35H38N4O6/c1-24-30(34(40)44-3)32(28-15-10-16-29(23-28)39(42)43)31(25(2)36-24)35(41)45-22-21-37-17-19-38(20-18-37)33(26-11-6-4-7-12-26)27-13-8-5-9-14-27/h4-16,23,32-33,36H,17-22H2,1-3H3/t32-/m0/s1. The van der Waals surface area contributed by atoms with Crippen molar-refractivity contribution in [3.63, 3.8) is 0 Å². The number of nitrogens with one attached hydrogen (secondary N) is 1. The van der Waals surface area contributed by atoms with Gasteiger partial charge in [-0.3, -0.25) is 19.9 Å². The number of methoxy groups -OCH3 is 1.